The zero-order valence-electron chi connectivity index (χ0n) is 29.1. The summed E-state index contributed by atoms with van der Waals surface area (Å²) in [5.74, 6) is -3.73. The van der Waals surface area contributed by atoms with Crippen molar-refractivity contribution in [3.63, 3.8) is 0 Å². The molecule has 2 heterocycles. The van der Waals surface area contributed by atoms with E-state index in [1.54, 1.807) is 25.7 Å². The summed E-state index contributed by atoms with van der Waals surface area (Å²) < 4.78 is 0. The van der Waals surface area contributed by atoms with E-state index in [9.17, 15) is 28.8 Å². The quantitative estimate of drug-likeness (QED) is 0.220. The van der Waals surface area contributed by atoms with Crippen LogP contribution >= 0.6 is 0 Å². The molecule has 0 bridgehead atoms. The van der Waals surface area contributed by atoms with Crippen molar-refractivity contribution < 1.29 is 28.8 Å². The average molecular weight is 656 g/mol. The number of nitrogens with zero attached hydrogens (tertiary/aromatic N) is 3. The Labute approximate surface area is 278 Å². The number of rotatable bonds is 14. The molecule has 1 aliphatic carbocycles. The Hall–Kier alpha value is -3.90. The third-order valence-electron chi connectivity index (χ3n) is 9.30. The summed E-state index contributed by atoms with van der Waals surface area (Å²) in [6.45, 7) is 15.0. The Bertz CT molecular complexity index is 1300. The highest BCUT2D eigenvalue weighted by Crippen LogP contribution is 2.43. The van der Waals surface area contributed by atoms with Gasteiger partial charge >= 0.3 is 0 Å². The first-order valence-electron chi connectivity index (χ1n) is 16.9. The fraction of sp³-hybridized carbons (Fsp3) is 0.706. The molecule has 0 radical (unpaired) electrons. The lowest BCUT2D eigenvalue weighted by Crippen LogP contribution is -2.62. The van der Waals surface area contributed by atoms with E-state index in [4.69, 9.17) is 0 Å². The SMILES string of the molecule is CCCC(NC(=O)C1[C@H]2CCC[C@H]2CN1C(=O)[C@@H](NC(=O)[C@H](NC(=O)c1cnccn1)C(C)C)C(C)(C)C)C(=O)C(=O)N[C@H](C)CC. The number of amides is 5. The van der Waals surface area contributed by atoms with E-state index in [-0.39, 0.29) is 35.9 Å². The second kappa shape index (κ2) is 16.3. The molecular formula is C34H53N7O6. The highest BCUT2D eigenvalue weighted by Gasteiger charge is 2.52. The summed E-state index contributed by atoms with van der Waals surface area (Å²) in [5, 5.41) is 11.1. The molecule has 1 saturated heterocycles. The Kier molecular flexibility index (Phi) is 13.0. The molecule has 1 saturated carbocycles. The van der Waals surface area contributed by atoms with Gasteiger partial charge in [-0.1, -0.05) is 61.3 Å². The van der Waals surface area contributed by atoms with Gasteiger partial charge in [0.25, 0.3) is 11.8 Å². The van der Waals surface area contributed by atoms with Crippen molar-refractivity contribution >= 4 is 35.3 Å². The molecule has 7 atom stereocenters. The number of aromatic nitrogens is 2. The second-order valence-electron chi connectivity index (χ2n) is 14.4. The summed E-state index contributed by atoms with van der Waals surface area (Å²) in [6.07, 6.45) is 8.18. The molecule has 0 spiro atoms. The molecule has 260 valence electrons. The minimum absolute atomic E-state index is 0.0593. The monoisotopic (exact) mass is 655 g/mol. The topological polar surface area (TPSA) is 180 Å². The van der Waals surface area contributed by atoms with Crippen molar-refractivity contribution in [2.45, 2.75) is 124 Å². The van der Waals surface area contributed by atoms with Crippen LogP contribution in [0, 0.1) is 23.2 Å². The van der Waals surface area contributed by atoms with Crippen molar-refractivity contribution in [1.82, 2.24) is 36.1 Å². The van der Waals surface area contributed by atoms with Crippen LogP contribution in [0.5, 0.6) is 0 Å². The first-order valence-corrected chi connectivity index (χ1v) is 16.9. The smallest absolute Gasteiger partial charge is 0.289 e. The number of ketones is 1. The van der Waals surface area contributed by atoms with Gasteiger partial charge in [-0.2, -0.15) is 0 Å². The maximum Gasteiger partial charge on any atom is 0.289 e. The van der Waals surface area contributed by atoms with Crippen LogP contribution in [-0.4, -0.2) is 86.9 Å². The molecule has 1 aromatic heterocycles. The van der Waals surface area contributed by atoms with Gasteiger partial charge in [0.15, 0.2) is 0 Å². The number of carbonyl (C=O) groups excluding carboxylic acids is 6. The maximum absolute atomic E-state index is 14.4. The molecule has 1 aliphatic heterocycles. The predicted octanol–water partition coefficient (Wildman–Crippen LogP) is 2.16. The van der Waals surface area contributed by atoms with Crippen molar-refractivity contribution in [2.75, 3.05) is 6.54 Å². The number of Topliss-reactive ketones (excluding diaryl/α,β-unsaturated/α-hetero) is 1. The molecular weight excluding hydrogens is 602 g/mol. The second-order valence-corrected chi connectivity index (χ2v) is 14.4. The minimum atomic E-state index is -1.02. The van der Waals surface area contributed by atoms with Crippen molar-refractivity contribution in [3.8, 4) is 0 Å². The van der Waals surface area contributed by atoms with Crippen molar-refractivity contribution in [1.29, 1.82) is 0 Å². The number of likely N-dealkylation sites (tertiary alicyclic amines) is 1. The van der Waals surface area contributed by atoms with Crippen LogP contribution in [0.25, 0.3) is 0 Å². The van der Waals surface area contributed by atoms with E-state index in [1.165, 1.54) is 18.6 Å². The average Bonchev–Trinajstić information content (AvgIpc) is 3.62. The van der Waals surface area contributed by atoms with E-state index < -0.39 is 64.9 Å². The van der Waals surface area contributed by atoms with E-state index in [0.717, 1.165) is 19.3 Å². The van der Waals surface area contributed by atoms with Gasteiger partial charge in [0.1, 0.15) is 23.8 Å². The van der Waals surface area contributed by atoms with E-state index >= 15 is 0 Å². The summed E-state index contributed by atoms with van der Waals surface area (Å²) in [4.78, 5) is 90.3. The Balaban J connectivity index is 1.85. The van der Waals surface area contributed by atoms with Crippen LogP contribution in [0.2, 0.25) is 0 Å². The Morgan fingerprint density at radius 3 is 2.23 bits per heavy atom. The normalized spacial score (nSPS) is 21.6. The predicted molar refractivity (Wildman–Crippen MR) is 176 cm³/mol. The molecule has 2 unspecified atom stereocenters. The Morgan fingerprint density at radius 1 is 0.957 bits per heavy atom. The molecule has 47 heavy (non-hydrogen) atoms. The lowest BCUT2D eigenvalue weighted by atomic mass is 9.85. The fourth-order valence-corrected chi connectivity index (χ4v) is 6.45. The zero-order chi connectivity index (χ0) is 35.1. The van der Waals surface area contributed by atoms with E-state index in [1.807, 2.05) is 34.6 Å². The van der Waals surface area contributed by atoms with Crippen LogP contribution in [0.4, 0.5) is 0 Å². The lowest BCUT2D eigenvalue weighted by molar-refractivity contribution is -0.146. The third kappa shape index (κ3) is 9.35. The first-order chi connectivity index (χ1) is 22.1. The van der Waals surface area contributed by atoms with Gasteiger partial charge in [-0.25, -0.2) is 4.98 Å². The number of carbonyl (C=O) groups is 6. The maximum atomic E-state index is 14.4. The van der Waals surface area contributed by atoms with Gasteiger partial charge < -0.3 is 26.2 Å². The molecule has 4 N–H and O–H groups in total. The Morgan fingerprint density at radius 2 is 1.66 bits per heavy atom. The summed E-state index contributed by atoms with van der Waals surface area (Å²) in [5.41, 5.74) is -0.694. The molecule has 2 fully saturated rings. The minimum Gasteiger partial charge on any atom is -0.347 e. The molecule has 3 rings (SSSR count). The molecule has 13 nitrogen and oxygen atoms in total. The van der Waals surface area contributed by atoms with Gasteiger partial charge in [0.2, 0.25) is 23.5 Å². The molecule has 13 heteroatoms. The highest BCUT2D eigenvalue weighted by molar-refractivity contribution is 6.38. The summed E-state index contributed by atoms with van der Waals surface area (Å²) >= 11 is 0. The summed E-state index contributed by atoms with van der Waals surface area (Å²) in [6, 6.07) is -4.04. The van der Waals surface area contributed by atoms with Crippen LogP contribution in [0.1, 0.15) is 104 Å². The third-order valence-corrected chi connectivity index (χ3v) is 9.30. The van der Waals surface area contributed by atoms with Crippen LogP contribution < -0.4 is 21.3 Å². The highest BCUT2D eigenvalue weighted by atomic mass is 16.2. The van der Waals surface area contributed by atoms with Gasteiger partial charge in [-0.05, 0) is 55.8 Å². The fourth-order valence-electron chi connectivity index (χ4n) is 6.45. The summed E-state index contributed by atoms with van der Waals surface area (Å²) in [7, 11) is 0. The number of fused-ring (bicyclic) bond motifs is 1. The molecule has 0 aromatic carbocycles. The standard InChI is InChI=1S/C34H53N7O6/c1-9-12-23(27(42)32(46)37-20(5)10-2)38-31(45)26-22-14-11-13-21(22)18-41(26)33(47)28(34(6,7)8)40-30(44)25(19(3)4)39-29(43)24-17-35-15-16-36-24/h15-17,19-23,25-26,28H,9-14,18H2,1-8H3,(H,37,46)(H,38,45)(H,39,43)(H,40,44)/t20-,21+,22+,23?,25-,26?,28-/m1/s1. The van der Waals surface area contributed by atoms with Crippen LogP contribution in [0.15, 0.2) is 18.6 Å². The van der Waals surface area contributed by atoms with Gasteiger partial charge in [-0.3, -0.25) is 33.8 Å². The van der Waals surface area contributed by atoms with Crippen molar-refractivity contribution in [2.24, 2.45) is 23.2 Å². The van der Waals surface area contributed by atoms with Crippen LogP contribution in [0.3, 0.4) is 0 Å². The first kappa shape index (κ1) is 37.6. The van der Waals surface area contributed by atoms with E-state index in [2.05, 4.69) is 31.2 Å². The molecule has 2 aliphatic rings. The lowest BCUT2D eigenvalue weighted by Gasteiger charge is -2.37. The molecule has 5 amide bonds. The van der Waals surface area contributed by atoms with Gasteiger partial charge in [-0.15, -0.1) is 0 Å². The largest absolute Gasteiger partial charge is 0.347 e. The number of hydrogen-bond donors (Lipinski definition) is 4. The van der Waals surface area contributed by atoms with Crippen molar-refractivity contribution in [3.05, 3.63) is 24.3 Å². The van der Waals surface area contributed by atoms with Gasteiger partial charge in [0.05, 0.1) is 12.2 Å². The van der Waals surface area contributed by atoms with E-state index in [0.29, 0.717) is 19.4 Å². The molecule has 1 aromatic rings. The zero-order valence-corrected chi connectivity index (χ0v) is 29.1. The van der Waals surface area contributed by atoms with Gasteiger partial charge in [0, 0.05) is 25.0 Å². The number of nitrogens with one attached hydrogen (secondary N) is 4. The number of hydrogen-bond acceptors (Lipinski definition) is 8. The van der Waals surface area contributed by atoms with Crippen LogP contribution in [-0.2, 0) is 24.0 Å².